The molecule has 33 heavy (non-hydrogen) atoms. The topological polar surface area (TPSA) is 26.3 Å². The first-order chi connectivity index (χ1) is 16.2. The van der Waals surface area contributed by atoms with Crippen molar-refractivity contribution in [1.29, 1.82) is 0 Å². The van der Waals surface area contributed by atoms with Gasteiger partial charge in [-0.3, -0.25) is 4.79 Å². The Balaban J connectivity index is 2.20. The molecule has 0 aromatic heterocycles. The van der Waals surface area contributed by atoms with Gasteiger partial charge < -0.3 is 4.74 Å². The first kappa shape index (κ1) is 30.2. The largest absolute Gasteiger partial charge is 0.501 e. The number of carbonyl (C=O) groups excluding carboxylic acids is 1. The zero-order valence-corrected chi connectivity index (χ0v) is 22.8. The Bertz CT molecular complexity index is 459. The van der Waals surface area contributed by atoms with Gasteiger partial charge in [0.15, 0.2) is 0 Å². The summed E-state index contributed by atoms with van der Waals surface area (Å²) < 4.78 is 5.56. The van der Waals surface area contributed by atoms with Crippen LogP contribution in [-0.4, -0.2) is 12.4 Å². The van der Waals surface area contributed by atoms with Crippen LogP contribution >= 0.6 is 0 Å². The van der Waals surface area contributed by atoms with Gasteiger partial charge in [0, 0.05) is 12.3 Å². The van der Waals surface area contributed by atoms with Crippen LogP contribution in [0.3, 0.4) is 0 Å². The maximum absolute atomic E-state index is 12.9. The fourth-order valence-corrected chi connectivity index (χ4v) is 4.89. The summed E-state index contributed by atoms with van der Waals surface area (Å²) in [5.41, 5.74) is 1.47. The molecular weight excluding hydrogens is 404 g/mol. The summed E-state index contributed by atoms with van der Waals surface area (Å²) in [7, 11) is 0. The van der Waals surface area contributed by atoms with Crippen LogP contribution < -0.4 is 0 Å². The van der Waals surface area contributed by atoms with Crippen LogP contribution in [0.15, 0.2) is 11.8 Å². The van der Waals surface area contributed by atoms with Gasteiger partial charge in [-0.2, -0.15) is 0 Å². The highest BCUT2D eigenvalue weighted by atomic mass is 16.5. The summed E-state index contributed by atoms with van der Waals surface area (Å²) in [6, 6.07) is 0. The van der Waals surface area contributed by atoms with Crippen LogP contribution in [0.4, 0.5) is 0 Å². The molecule has 2 heteroatoms. The van der Waals surface area contributed by atoms with Gasteiger partial charge in [0.1, 0.15) is 5.78 Å². The van der Waals surface area contributed by atoms with Crippen LogP contribution in [-0.2, 0) is 9.53 Å². The lowest BCUT2D eigenvalue weighted by molar-refractivity contribution is -0.124. The van der Waals surface area contributed by atoms with Crippen LogP contribution in [0.25, 0.3) is 0 Å². The van der Waals surface area contributed by atoms with Crippen LogP contribution in [0, 0.1) is 11.8 Å². The monoisotopic (exact) mass is 462 g/mol. The second-order valence-corrected chi connectivity index (χ2v) is 10.8. The minimum absolute atomic E-state index is 0.264. The molecule has 0 aromatic carbocycles. The number of ketones is 1. The molecule has 0 bridgehead atoms. The highest BCUT2D eigenvalue weighted by Gasteiger charge is 2.22. The van der Waals surface area contributed by atoms with E-state index in [4.69, 9.17) is 4.74 Å². The fourth-order valence-electron chi connectivity index (χ4n) is 4.89. The van der Waals surface area contributed by atoms with Gasteiger partial charge in [-0.25, -0.2) is 0 Å². The van der Waals surface area contributed by atoms with Crippen LogP contribution in [0.1, 0.15) is 162 Å². The number of rotatable bonds is 25. The maximum Gasteiger partial charge on any atom is 0.135 e. The molecular formula is C31H58O2. The normalized spacial score (nSPS) is 14.0. The van der Waals surface area contributed by atoms with Crippen molar-refractivity contribution in [3.63, 3.8) is 0 Å². The minimum Gasteiger partial charge on any atom is -0.501 e. The molecule has 0 N–H and O–H groups in total. The summed E-state index contributed by atoms with van der Waals surface area (Å²) >= 11 is 0. The van der Waals surface area contributed by atoms with Gasteiger partial charge in [0.05, 0.1) is 12.9 Å². The molecule has 1 saturated carbocycles. The lowest BCUT2D eigenvalue weighted by Gasteiger charge is -2.23. The van der Waals surface area contributed by atoms with E-state index >= 15 is 0 Å². The van der Waals surface area contributed by atoms with E-state index in [1.165, 1.54) is 128 Å². The average molecular weight is 463 g/mol. The third-order valence-corrected chi connectivity index (χ3v) is 7.55. The molecule has 1 fully saturated rings. The smallest absolute Gasteiger partial charge is 0.135 e. The van der Waals surface area contributed by atoms with Crippen molar-refractivity contribution in [1.82, 2.24) is 0 Å². The Morgan fingerprint density at radius 2 is 1.21 bits per heavy atom. The van der Waals surface area contributed by atoms with E-state index in [9.17, 15) is 4.79 Å². The molecule has 2 nitrogen and oxygen atoms in total. The summed E-state index contributed by atoms with van der Waals surface area (Å²) in [5, 5.41) is 0. The third kappa shape index (κ3) is 18.2. The van der Waals surface area contributed by atoms with Gasteiger partial charge in [0.2, 0.25) is 0 Å². The predicted molar refractivity (Wildman–Crippen MR) is 145 cm³/mol. The van der Waals surface area contributed by atoms with Gasteiger partial charge >= 0.3 is 0 Å². The van der Waals surface area contributed by atoms with Crippen molar-refractivity contribution in [3.05, 3.63) is 11.8 Å². The number of hydrogen-bond donors (Lipinski definition) is 0. The van der Waals surface area contributed by atoms with E-state index in [-0.39, 0.29) is 5.92 Å². The van der Waals surface area contributed by atoms with Gasteiger partial charge in [-0.05, 0) is 50.0 Å². The van der Waals surface area contributed by atoms with Gasteiger partial charge in [-0.1, -0.05) is 117 Å². The van der Waals surface area contributed by atoms with E-state index in [0.29, 0.717) is 11.7 Å². The quantitative estimate of drug-likeness (QED) is 0.0996. The summed E-state index contributed by atoms with van der Waals surface area (Å²) in [4.78, 5) is 12.9. The molecule has 194 valence electrons. The van der Waals surface area contributed by atoms with Crippen molar-refractivity contribution in [2.75, 3.05) is 6.61 Å². The number of Topliss-reactive ketones (excluding diaryl/α,β-unsaturated/α-hetero) is 1. The van der Waals surface area contributed by atoms with Crippen molar-refractivity contribution in [3.8, 4) is 0 Å². The summed E-state index contributed by atoms with van der Waals surface area (Å²) in [5.74, 6) is 1.42. The third-order valence-electron chi connectivity index (χ3n) is 7.55. The van der Waals surface area contributed by atoms with E-state index in [2.05, 4.69) is 20.8 Å². The first-order valence-corrected chi connectivity index (χ1v) is 15.0. The van der Waals surface area contributed by atoms with Crippen molar-refractivity contribution < 1.29 is 9.53 Å². The Kier molecular flexibility index (Phi) is 19.9. The summed E-state index contributed by atoms with van der Waals surface area (Å²) in [6.07, 6.45) is 29.9. The Morgan fingerprint density at radius 1 is 0.727 bits per heavy atom. The lowest BCUT2D eigenvalue weighted by atomic mass is 9.81. The Labute approximate surface area is 207 Å². The second kappa shape index (κ2) is 21.7. The number of allylic oxidation sites excluding steroid dienone is 1. The SMILES string of the molecule is CCCCCCCCC(CCCCCCCC)C(C)C(=O)CCCCCCCOC=C1CC1. The Morgan fingerprint density at radius 3 is 1.76 bits per heavy atom. The minimum atomic E-state index is 0.264. The molecule has 0 spiro atoms. The van der Waals surface area contributed by atoms with Crippen molar-refractivity contribution in [2.45, 2.75) is 162 Å². The predicted octanol–water partition coefficient (Wildman–Crippen LogP) is 10.3. The van der Waals surface area contributed by atoms with Gasteiger partial charge in [-0.15, -0.1) is 0 Å². The maximum atomic E-state index is 12.9. The molecule has 1 unspecified atom stereocenters. The molecule has 0 saturated heterocycles. The molecule has 0 aromatic rings. The molecule has 0 heterocycles. The fraction of sp³-hybridized carbons (Fsp3) is 0.903. The number of hydrogen-bond acceptors (Lipinski definition) is 2. The number of ether oxygens (including phenoxy) is 1. The van der Waals surface area contributed by atoms with E-state index in [1.54, 1.807) is 0 Å². The van der Waals surface area contributed by atoms with Crippen molar-refractivity contribution >= 4 is 5.78 Å². The number of carbonyl (C=O) groups is 1. The molecule has 0 aliphatic heterocycles. The Hall–Kier alpha value is -0.790. The average Bonchev–Trinajstić information content (AvgIpc) is 3.65. The molecule has 1 aliphatic carbocycles. The highest BCUT2D eigenvalue weighted by molar-refractivity contribution is 5.80. The molecule has 1 aliphatic rings. The van der Waals surface area contributed by atoms with E-state index < -0.39 is 0 Å². The van der Waals surface area contributed by atoms with Crippen LogP contribution in [0.5, 0.6) is 0 Å². The molecule has 1 atom stereocenters. The first-order valence-electron chi connectivity index (χ1n) is 15.0. The number of unbranched alkanes of at least 4 members (excludes halogenated alkanes) is 14. The lowest BCUT2D eigenvalue weighted by Crippen LogP contribution is -2.21. The zero-order chi connectivity index (χ0) is 24.0. The summed E-state index contributed by atoms with van der Waals surface area (Å²) in [6.45, 7) is 7.67. The molecule has 0 radical (unpaired) electrons. The highest BCUT2D eigenvalue weighted by Crippen LogP contribution is 2.28. The molecule has 0 amide bonds. The van der Waals surface area contributed by atoms with E-state index in [1.807, 2.05) is 6.26 Å². The zero-order valence-electron chi connectivity index (χ0n) is 22.8. The second-order valence-electron chi connectivity index (χ2n) is 10.8. The molecule has 1 rings (SSSR count). The van der Waals surface area contributed by atoms with Gasteiger partial charge in [0.25, 0.3) is 0 Å². The van der Waals surface area contributed by atoms with E-state index in [0.717, 1.165) is 25.9 Å². The standard InChI is InChI=1S/C31H58O2/c1-4-6-8-10-13-17-21-30(22-18-14-11-9-7-5-2)28(3)31(32)23-19-15-12-16-20-26-33-27-29-24-25-29/h27-28,30H,4-26H2,1-3H3. The van der Waals surface area contributed by atoms with Crippen molar-refractivity contribution in [2.24, 2.45) is 11.8 Å². The van der Waals surface area contributed by atoms with Crippen LogP contribution in [0.2, 0.25) is 0 Å².